The van der Waals surface area contributed by atoms with E-state index in [9.17, 15) is 8.22 Å². The van der Waals surface area contributed by atoms with E-state index in [2.05, 4.69) is 101 Å². The Morgan fingerprint density at radius 1 is 0.560 bits per heavy atom. The van der Waals surface area contributed by atoms with Crippen molar-refractivity contribution in [3.05, 3.63) is 216 Å². The number of nitrogens with zero attached hydrogens (tertiary/aromatic N) is 4. The van der Waals surface area contributed by atoms with Crippen molar-refractivity contribution in [1.29, 1.82) is 0 Å². The van der Waals surface area contributed by atoms with E-state index in [0.717, 1.165) is 71.3 Å². The topological polar surface area (TPSA) is 33.5 Å². The molecule has 0 fully saturated rings. The second kappa shape index (κ2) is 20.4. The summed E-state index contributed by atoms with van der Waals surface area (Å²) >= 11 is 0. The Labute approximate surface area is 457 Å². The van der Waals surface area contributed by atoms with E-state index in [1.807, 2.05) is 90.0 Å². The van der Waals surface area contributed by atoms with E-state index in [1.54, 1.807) is 18.2 Å². The Balaban J connectivity index is 1.05. The highest BCUT2D eigenvalue weighted by Gasteiger charge is 2.32. The van der Waals surface area contributed by atoms with Crippen molar-refractivity contribution in [2.45, 2.75) is 105 Å². The highest BCUT2D eigenvalue weighted by molar-refractivity contribution is 6.11. The second-order valence-electron chi connectivity index (χ2n) is 21.8. The predicted octanol–water partition coefficient (Wildman–Crippen LogP) is 19.5. The van der Waals surface area contributed by atoms with Crippen molar-refractivity contribution in [2.75, 3.05) is 16.5 Å². The average molecular weight is 992 g/mol. The number of para-hydroxylation sites is 3. The Hall–Kier alpha value is -7.89. The molecule has 0 saturated heterocycles. The number of rotatable bonds is 14. The minimum atomic E-state index is -0.529. The van der Waals surface area contributed by atoms with Crippen LogP contribution in [0.25, 0.3) is 61.0 Å². The average Bonchev–Trinajstić information content (AvgIpc) is 3.45. The van der Waals surface area contributed by atoms with E-state index >= 15 is 0 Å². The molecule has 1 aliphatic heterocycles. The minimum absolute atomic E-state index is 0.0498. The molecule has 11 rings (SSSR count). The Morgan fingerprint density at radius 3 is 2.04 bits per heavy atom. The molecule has 0 spiro atoms. The van der Waals surface area contributed by atoms with Crippen LogP contribution in [0.15, 0.2) is 194 Å². The highest BCUT2D eigenvalue weighted by atomic mass is 16.5. The van der Waals surface area contributed by atoms with Crippen molar-refractivity contribution < 1.29 is 17.1 Å². The monoisotopic (exact) mass is 992 g/mol. The van der Waals surface area contributed by atoms with Crippen molar-refractivity contribution in [3.63, 3.8) is 0 Å². The molecule has 75 heavy (non-hydrogen) atoms. The summed E-state index contributed by atoms with van der Waals surface area (Å²) in [6, 6.07) is 40.3. The summed E-state index contributed by atoms with van der Waals surface area (Å²) < 4.78 is 92.0. The maximum absolute atomic E-state index is 9.98. The molecular formula is C70H70N4O. The number of hydrogen-bond acceptors (Lipinski definition) is 4. The fourth-order valence-electron chi connectivity index (χ4n) is 10.7. The first kappa shape index (κ1) is 39.6. The molecule has 0 N–H and O–H groups in total. The molecule has 0 saturated carbocycles. The number of hydrogen-bond donors (Lipinski definition) is 0. The van der Waals surface area contributed by atoms with Gasteiger partial charge in [-0.15, -0.1) is 0 Å². The van der Waals surface area contributed by atoms with Crippen LogP contribution in [0.1, 0.15) is 116 Å². The number of benzene rings is 8. The molecule has 0 bridgehead atoms. The van der Waals surface area contributed by atoms with E-state index in [1.165, 1.54) is 28.5 Å². The molecule has 2 aromatic heterocycles. The molecule has 10 aromatic rings. The normalized spacial score (nSPS) is 14.4. The van der Waals surface area contributed by atoms with Gasteiger partial charge in [0.15, 0.2) is 0 Å². The van der Waals surface area contributed by atoms with Crippen molar-refractivity contribution in [1.82, 2.24) is 9.55 Å². The fraction of sp³-hybridized carbons (Fsp3) is 0.243. The number of pyridine rings is 1. The number of aryl methyl sites for hydroxylation is 2. The van der Waals surface area contributed by atoms with Gasteiger partial charge in [-0.1, -0.05) is 190 Å². The summed E-state index contributed by atoms with van der Waals surface area (Å²) in [6.07, 6.45) is 8.42. The first-order chi connectivity index (χ1) is 40.1. The van der Waals surface area contributed by atoms with Gasteiger partial charge in [0.2, 0.25) is 0 Å². The number of ether oxygens (including phenoxy) is 1. The fourth-order valence-corrected chi connectivity index (χ4v) is 10.7. The van der Waals surface area contributed by atoms with Gasteiger partial charge in [-0.25, -0.2) is 4.98 Å². The van der Waals surface area contributed by atoms with Crippen molar-refractivity contribution in [2.24, 2.45) is 0 Å². The van der Waals surface area contributed by atoms with Gasteiger partial charge in [0.1, 0.15) is 24.0 Å². The van der Waals surface area contributed by atoms with Gasteiger partial charge >= 0.3 is 0 Å². The number of anilines is 4. The molecule has 0 amide bonds. The second-order valence-corrected chi connectivity index (χ2v) is 21.8. The van der Waals surface area contributed by atoms with Crippen LogP contribution < -0.4 is 14.5 Å². The first-order valence-electron chi connectivity index (χ1n) is 31.0. The lowest BCUT2D eigenvalue weighted by Crippen LogP contribution is -2.25. The van der Waals surface area contributed by atoms with Crippen LogP contribution in [0.4, 0.5) is 22.7 Å². The predicted molar refractivity (Wildman–Crippen MR) is 318 cm³/mol. The van der Waals surface area contributed by atoms with Crippen LogP contribution >= 0.6 is 0 Å². The smallest absolute Gasteiger partial charge is 0.137 e. The van der Waals surface area contributed by atoms with Gasteiger partial charge < -0.3 is 14.5 Å². The van der Waals surface area contributed by atoms with Gasteiger partial charge in [0, 0.05) is 45.9 Å². The van der Waals surface area contributed by atoms with Gasteiger partial charge in [-0.3, -0.25) is 4.57 Å². The summed E-state index contributed by atoms with van der Waals surface area (Å²) in [5.74, 6) is 2.07. The van der Waals surface area contributed by atoms with Crippen LogP contribution in [-0.4, -0.2) is 16.2 Å². The number of fused-ring (bicyclic) bond motifs is 4. The summed E-state index contributed by atoms with van der Waals surface area (Å²) in [7, 11) is 0. The minimum Gasteiger partial charge on any atom is -0.457 e. The largest absolute Gasteiger partial charge is 0.457 e. The lowest BCUT2D eigenvalue weighted by molar-refractivity contribution is 0.483. The van der Waals surface area contributed by atoms with E-state index in [4.69, 9.17) is 13.8 Å². The molecule has 0 unspecified atom stereocenters. The number of aromatic nitrogens is 2. The van der Waals surface area contributed by atoms with Gasteiger partial charge in [0.25, 0.3) is 0 Å². The maximum atomic E-state index is 9.98. The summed E-state index contributed by atoms with van der Waals surface area (Å²) in [6.45, 7) is 17.6. The van der Waals surface area contributed by atoms with E-state index in [-0.39, 0.29) is 63.9 Å². The molecule has 8 aromatic carbocycles. The molecule has 0 atom stereocenters. The maximum Gasteiger partial charge on any atom is 0.137 e. The Bertz CT molecular complexity index is 4200. The van der Waals surface area contributed by atoms with Crippen LogP contribution in [0.3, 0.4) is 0 Å². The molecule has 5 heteroatoms. The van der Waals surface area contributed by atoms with Crippen LogP contribution in [-0.2, 0) is 23.7 Å². The standard InChI is InChI=1S/C70H70N4O/c1-9-11-13-23-49-36-39-64-67(58(49)22-10-2)61-38-37-57(46-65(61)74(64)66-44-54(40-41-71-66)70(6,7)8)75-56-31-20-30-55(45-56)72-47-73(63-35-17-16-34-62(63)72)68-59(48-24-14-12-15-25-48)32-21-33-60(68)52-28-18-26-50(42-52)51-27-19-29-53(43-51)69(3,4)5/h12,14-21,24-46H,9-11,13,22-23,47H2,1-8H3/i12D,14D,15D,18D,24D,25D,26D,28D,42D. The zero-order chi connectivity index (χ0) is 59.7. The van der Waals surface area contributed by atoms with Gasteiger partial charge in [-0.2, -0.15) is 0 Å². The zero-order valence-corrected chi connectivity index (χ0v) is 44.4. The van der Waals surface area contributed by atoms with Gasteiger partial charge in [0.05, 0.1) is 40.4 Å². The third-order valence-corrected chi connectivity index (χ3v) is 14.6. The van der Waals surface area contributed by atoms with E-state index < -0.39 is 30.2 Å². The molecule has 1 aliphatic rings. The van der Waals surface area contributed by atoms with Crippen molar-refractivity contribution >= 4 is 44.6 Å². The Kier molecular flexibility index (Phi) is 10.8. The van der Waals surface area contributed by atoms with Gasteiger partial charge in [-0.05, 0) is 135 Å². The SMILES string of the molecule is [2H]c1c([2H])c([2H])c(-c2cccc(-c3c([2H])c([2H])c([2H])c(-c4cccc(C(C)(C)C)c4)c3[2H])c2N2CN(c3cccc(Oc4ccc5c6c(CCC)c(CCCCC)ccc6n(-c6cc(C(C)(C)C)ccn6)c5c4)c3)c3ccccc32)c([2H])c1[2H]. The van der Waals surface area contributed by atoms with E-state index in [0.29, 0.717) is 34.0 Å². The lowest BCUT2D eigenvalue weighted by Gasteiger charge is -2.27. The molecular weight excluding hydrogens is 913 g/mol. The first-order valence-corrected chi connectivity index (χ1v) is 26.5. The van der Waals surface area contributed by atoms with Crippen LogP contribution in [0, 0.1) is 0 Å². The quantitative estimate of drug-likeness (QED) is 0.102. The molecule has 0 aliphatic carbocycles. The molecule has 0 radical (unpaired) electrons. The Morgan fingerprint density at radius 2 is 1.27 bits per heavy atom. The van der Waals surface area contributed by atoms with Crippen LogP contribution in [0.2, 0.25) is 0 Å². The summed E-state index contributed by atoms with van der Waals surface area (Å²) in [5, 5.41) is 2.39. The molecule has 3 heterocycles. The molecule has 5 nitrogen and oxygen atoms in total. The summed E-state index contributed by atoms with van der Waals surface area (Å²) in [5.41, 5.74) is 10.7. The lowest BCUT2D eigenvalue weighted by atomic mass is 9.85. The van der Waals surface area contributed by atoms with Crippen LogP contribution in [0.5, 0.6) is 11.5 Å². The highest BCUT2D eigenvalue weighted by Crippen LogP contribution is 2.51. The zero-order valence-electron chi connectivity index (χ0n) is 53.4. The third kappa shape index (κ3) is 9.73. The van der Waals surface area contributed by atoms with Crippen molar-refractivity contribution in [3.8, 4) is 50.7 Å². The summed E-state index contributed by atoms with van der Waals surface area (Å²) in [4.78, 5) is 9.11. The number of unbranched alkanes of at least 4 members (excludes halogenated alkanes) is 2. The molecule has 376 valence electrons. The third-order valence-electron chi connectivity index (χ3n) is 14.6.